The molecule has 1 aromatic rings. The van der Waals surface area contributed by atoms with Crippen molar-refractivity contribution in [1.29, 1.82) is 0 Å². The summed E-state index contributed by atoms with van der Waals surface area (Å²) >= 11 is 3.36. The number of phenols is 1. The fraction of sp³-hybridized carbons (Fsp3) is 0.500. The van der Waals surface area contributed by atoms with E-state index in [0.29, 0.717) is 17.0 Å². The molecule has 0 radical (unpaired) electrons. The van der Waals surface area contributed by atoms with Crippen molar-refractivity contribution in [3.05, 3.63) is 39.9 Å². The van der Waals surface area contributed by atoms with Crippen LogP contribution in [0.4, 0.5) is 0 Å². The van der Waals surface area contributed by atoms with Crippen LogP contribution in [0, 0.1) is 11.3 Å². The third-order valence-corrected chi connectivity index (χ3v) is 5.30. The van der Waals surface area contributed by atoms with Crippen molar-refractivity contribution in [3.63, 3.8) is 0 Å². The predicted octanol–water partition coefficient (Wildman–Crippen LogP) is 3.56. The average Bonchev–Trinajstić information content (AvgIpc) is 2.47. The van der Waals surface area contributed by atoms with Crippen LogP contribution < -0.4 is 0 Å². The minimum Gasteiger partial charge on any atom is -0.507 e. The lowest BCUT2D eigenvalue weighted by Crippen LogP contribution is -2.43. The topological polar surface area (TPSA) is 49.7 Å². The molecular formula is C16H19BrO3. The van der Waals surface area contributed by atoms with Gasteiger partial charge >= 0.3 is 0 Å². The van der Waals surface area contributed by atoms with Gasteiger partial charge in [-0.25, -0.2) is 0 Å². The van der Waals surface area contributed by atoms with Gasteiger partial charge in [-0.2, -0.15) is 0 Å². The molecule has 0 unspecified atom stereocenters. The number of aliphatic hydroxyl groups is 1. The van der Waals surface area contributed by atoms with Gasteiger partial charge in [-0.1, -0.05) is 17.7 Å². The summed E-state index contributed by atoms with van der Waals surface area (Å²) in [5.41, 5.74) is 2.30. The van der Waals surface area contributed by atoms with Gasteiger partial charge in [-0.05, 0) is 53.4 Å². The van der Waals surface area contributed by atoms with E-state index in [4.69, 9.17) is 4.74 Å². The van der Waals surface area contributed by atoms with Gasteiger partial charge in [-0.15, -0.1) is 0 Å². The van der Waals surface area contributed by atoms with Crippen molar-refractivity contribution in [3.8, 4) is 5.75 Å². The molecule has 1 saturated heterocycles. The quantitative estimate of drug-likeness (QED) is 0.810. The van der Waals surface area contributed by atoms with Crippen LogP contribution in [-0.2, 0) is 4.74 Å². The Morgan fingerprint density at radius 3 is 2.95 bits per heavy atom. The molecule has 0 saturated carbocycles. The van der Waals surface area contributed by atoms with Crippen molar-refractivity contribution < 1.29 is 14.9 Å². The summed E-state index contributed by atoms with van der Waals surface area (Å²) in [7, 11) is 0. The molecule has 1 aromatic carbocycles. The Balaban J connectivity index is 1.93. The van der Waals surface area contributed by atoms with E-state index >= 15 is 0 Å². The summed E-state index contributed by atoms with van der Waals surface area (Å²) in [6, 6.07) is 5.53. The molecular weight excluding hydrogens is 320 g/mol. The zero-order chi connectivity index (χ0) is 14.3. The van der Waals surface area contributed by atoms with Crippen LogP contribution in [-0.4, -0.2) is 23.4 Å². The maximum Gasteiger partial charge on any atom is 0.129 e. The van der Waals surface area contributed by atoms with Crippen molar-refractivity contribution in [2.45, 2.75) is 25.9 Å². The number of aromatic hydroxyl groups is 1. The molecule has 1 fully saturated rings. The zero-order valence-electron chi connectivity index (χ0n) is 11.5. The second-order valence-electron chi connectivity index (χ2n) is 6.06. The average molecular weight is 339 g/mol. The molecule has 2 aliphatic rings. The summed E-state index contributed by atoms with van der Waals surface area (Å²) in [5, 5.41) is 19.3. The molecule has 1 aliphatic carbocycles. The number of aliphatic hydroxyl groups excluding tert-OH is 1. The Hall–Kier alpha value is -0.840. The van der Waals surface area contributed by atoms with Crippen LogP contribution in [0.15, 0.2) is 34.3 Å². The van der Waals surface area contributed by atoms with E-state index in [1.807, 2.05) is 12.1 Å². The van der Waals surface area contributed by atoms with Gasteiger partial charge in [-0.3, -0.25) is 0 Å². The van der Waals surface area contributed by atoms with Gasteiger partial charge in [0.25, 0.3) is 0 Å². The van der Waals surface area contributed by atoms with E-state index in [0.717, 1.165) is 18.4 Å². The summed E-state index contributed by atoms with van der Waals surface area (Å²) in [5.74, 6) is 0.547. The number of halogens is 1. The maximum absolute atomic E-state index is 9.67. The van der Waals surface area contributed by atoms with E-state index in [-0.39, 0.29) is 23.9 Å². The first-order chi connectivity index (χ1) is 9.54. The third-order valence-electron chi connectivity index (χ3n) is 4.67. The Bertz CT molecular complexity index is 555. The van der Waals surface area contributed by atoms with Crippen LogP contribution in [0.5, 0.6) is 5.75 Å². The minimum absolute atomic E-state index is 0.00289. The van der Waals surface area contributed by atoms with E-state index in [1.165, 1.54) is 5.57 Å². The number of hydrogen-bond donors (Lipinski definition) is 2. The van der Waals surface area contributed by atoms with Gasteiger partial charge in [0.2, 0.25) is 0 Å². The highest BCUT2D eigenvalue weighted by Crippen LogP contribution is 2.50. The highest BCUT2D eigenvalue weighted by atomic mass is 79.9. The van der Waals surface area contributed by atoms with Crippen molar-refractivity contribution in [1.82, 2.24) is 0 Å². The van der Waals surface area contributed by atoms with E-state index < -0.39 is 0 Å². The highest BCUT2D eigenvalue weighted by molar-refractivity contribution is 9.10. The molecule has 3 rings (SSSR count). The van der Waals surface area contributed by atoms with Crippen LogP contribution in [0.1, 0.15) is 31.4 Å². The molecule has 3 atom stereocenters. The molecule has 0 amide bonds. The normalized spacial score (nSPS) is 32.9. The number of benzene rings is 1. The predicted molar refractivity (Wildman–Crippen MR) is 80.5 cm³/mol. The van der Waals surface area contributed by atoms with Crippen molar-refractivity contribution in [2.24, 2.45) is 11.3 Å². The van der Waals surface area contributed by atoms with Gasteiger partial charge in [0.05, 0.1) is 23.8 Å². The molecule has 1 heterocycles. The molecule has 0 spiro atoms. The van der Waals surface area contributed by atoms with Crippen molar-refractivity contribution in [2.75, 3.05) is 13.2 Å². The molecule has 0 aromatic heterocycles. The smallest absolute Gasteiger partial charge is 0.129 e. The van der Waals surface area contributed by atoms with Gasteiger partial charge in [0.1, 0.15) is 5.75 Å². The summed E-state index contributed by atoms with van der Waals surface area (Å²) in [4.78, 5) is 0. The van der Waals surface area contributed by atoms with Crippen molar-refractivity contribution >= 4 is 15.9 Å². The molecule has 4 heteroatoms. The number of allylic oxidation sites excluding steroid dienone is 1. The number of phenolic OH excluding ortho intramolecular Hbond substituents is 1. The molecule has 20 heavy (non-hydrogen) atoms. The first kappa shape index (κ1) is 14.1. The maximum atomic E-state index is 9.67. The van der Waals surface area contributed by atoms with Gasteiger partial charge < -0.3 is 14.9 Å². The molecule has 108 valence electrons. The lowest BCUT2D eigenvalue weighted by Gasteiger charge is -2.47. The van der Waals surface area contributed by atoms with Crippen LogP contribution in [0.3, 0.4) is 0 Å². The van der Waals surface area contributed by atoms with E-state index in [2.05, 4.69) is 28.9 Å². The van der Waals surface area contributed by atoms with Crippen LogP contribution in [0.2, 0.25) is 0 Å². The van der Waals surface area contributed by atoms with Gasteiger partial charge in [0, 0.05) is 11.3 Å². The second-order valence-corrected chi connectivity index (χ2v) is 6.92. The van der Waals surface area contributed by atoms with E-state index in [1.54, 1.807) is 6.07 Å². The molecule has 1 aliphatic heterocycles. The fourth-order valence-electron chi connectivity index (χ4n) is 3.29. The summed E-state index contributed by atoms with van der Waals surface area (Å²) in [6.07, 6.45) is 4.12. The Morgan fingerprint density at radius 2 is 2.25 bits per heavy atom. The third kappa shape index (κ3) is 2.30. The SMILES string of the molecule is CC1=CC[C@@]2(CO)CO[C@@H](c3ccc(O)c(Br)c3)[C@@H]1C2. The lowest BCUT2D eigenvalue weighted by molar-refractivity contribution is -0.113. The summed E-state index contributed by atoms with van der Waals surface area (Å²) < 4.78 is 6.78. The number of hydrogen-bond acceptors (Lipinski definition) is 3. The lowest BCUT2D eigenvalue weighted by atomic mass is 9.67. The van der Waals surface area contributed by atoms with Gasteiger partial charge in [0.15, 0.2) is 0 Å². The second kappa shape index (κ2) is 5.17. The largest absolute Gasteiger partial charge is 0.507 e. The molecule has 2 N–H and O–H groups in total. The Kier molecular flexibility index (Phi) is 3.65. The number of rotatable bonds is 2. The zero-order valence-corrected chi connectivity index (χ0v) is 13.1. The number of fused-ring (bicyclic) bond motifs is 2. The monoisotopic (exact) mass is 338 g/mol. The van der Waals surface area contributed by atoms with Crippen LogP contribution >= 0.6 is 15.9 Å². The first-order valence-corrected chi connectivity index (χ1v) is 7.71. The molecule has 3 nitrogen and oxygen atoms in total. The molecule has 2 bridgehead atoms. The Morgan fingerprint density at radius 1 is 1.45 bits per heavy atom. The first-order valence-electron chi connectivity index (χ1n) is 6.92. The minimum atomic E-state index is -0.102. The van der Waals surface area contributed by atoms with E-state index in [9.17, 15) is 10.2 Å². The Labute approximate surface area is 127 Å². The highest BCUT2D eigenvalue weighted by Gasteiger charge is 2.44. The fourth-order valence-corrected chi connectivity index (χ4v) is 3.69. The number of ether oxygens (including phenoxy) is 1. The standard InChI is InChI=1S/C16H19BrO3/c1-10-4-5-16(8-18)7-12(10)15(20-9-16)11-2-3-14(19)13(17)6-11/h2-4,6,12,15,18-19H,5,7-9H2,1H3/t12-,15+,16-/m1/s1. The summed E-state index contributed by atoms with van der Waals surface area (Å²) in [6.45, 7) is 2.91. The van der Waals surface area contributed by atoms with Crippen LogP contribution in [0.25, 0.3) is 0 Å².